The number of nitrogens with one attached hydrogen (secondary N) is 2. The summed E-state index contributed by atoms with van der Waals surface area (Å²) in [5.41, 5.74) is 0.704. The van der Waals surface area contributed by atoms with Gasteiger partial charge in [0.25, 0.3) is 5.69 Å². The summed E-state index contributed by atoms with van der Waals surface area (Å²) < 4.78 is 27.0. The minimum absolute atomic E-state index is 0.187. The van der Waals surface area contributed by atoms with Crippen molar-refractivity contribution in [1.82, 2.24) is 10.0 Å². The van der Waals surface area contributed by atoms with Crippen LogP contribution in [0.2, 0.25) is 0 Å². The molecule has 0 aromatic heterocycles. The molecule has 2 N–H and O–H groups in total. The van der Waals surface area contributed by atoms with E-state index in [1.54, 1.807) is 19.9 Å². The maximum atomic E-state index is 12.3. The fourth-order valence-electron chi connectivity index (χ4n) is 1.91. The molecule has 0 unspecified atom stereocenters. The van der Waals surface area contributed by atoms with Gasteiger partial charge in [0.15, 0.2) is 4.90 Å². The zero-order chi connectivity index (χ0) is 16.0. The van der Waals surface area contributed by atoms with Crippen molar-refractivity contribution >= 4 is 15.7 Å². The maximum Gasteiger partial charge on any atom is 0.289 e. The second kappa shape index (κ2) is 7.48. The highest BCUT2D eigenvalue weighted by Crippen LogP contribution is 2.28. The summed E-state index contributed by atoms with van der Waals surface area (Å²) in [6.07, 6.45) is 0.954. The van der Waals surface area contributed by atoms with Gasteiger partial charge in [0.1, 0.15) is 0 Å². The standard InChI is InChI=1S/C13H21N3O4S/c1-4-7-14-8-9-15-21(19,20)13-11(3)10(2)5-6-12(13)16(17)18/h5-6,14-15H,4,7-9H2,1-3H3. The Kier molecular flexibility index (Phi) is 6.25. The van der Waals surface area contributed by atoms with E-state index in [4.69, 9.17) is 0 Å². The van der Waals surface area contributed by atoms with Crippen LogP contribution >= 0.6 is 0 Å². The van der Waals surface area contributed by atoms with E-state index in [0.717, 1.165) is 13.0 Å². The van der Waals surface area contributed by atoms with Gasteiger partial charge in [-0.05, 0) is 37.9 Å². The molecule has 8 heteroatoms. The summed E-state index contributed by atoms with van der Waals surface area (Å²) in [4.78, 5) is 10.1. The minimum Gasteiger partial charge on any atom is -0.315 e. The highest BCUT2D eigenvalue weighted by Gasteiger charge is 2.28. The third kappa shape index (κ3) is 4.48. The average Bonchev–Trinajstić information content (AvgIpc) is 2.40. The quantitative estimate of drug-likeness (QED) is 0.430. The third-order valence-electron chi connectivity index (χ3n) is 3.14. The van der Waals surface area contributed by atoms with Crippen molar-refractivity contribution in [3.05, 3.63) is 33.4 Å². The third-order valence-corrected chi connectivity index (χ3v) is 4.78. The van der Waals surface area contributed by atoms with Crippen molar-refractivity contribution in [3.63, 3.8) is 0 Å². The van der Waals surface area contributed by atoms with Crippen LogP contribution in [0.4, 0.5) is 5.69 Å². The summed E-state index contributed by atoms with van der Waals surface area (Å²) in [6, 6.07) is 2.78. The Hall–Kier alpha value is -1.51. The first-order chi connectivity index (χ1) is 9.81. The van der Waals surface area contributed by atoms with Gasteiger partial charge >= 0.3 is 0 Å². The molecular weight excluding hydrogens is 294 g/mol. The van der Waals surface area contributed by atoms with E-state index in [1.165, 1.54) is 6.07 Å². The Morgan fingerprint density at radius 1 is 1.19 bits per heavy atom. The second-order valence-corrected chi connectivity index (χ2v) is 6.46. The molecule has 0 amide bonds. The number of nitro groups is 1. The number of benzene rings is 1. The summed E-state index contributed by atoms with van der Waals surface area (Å²) >= 11 is 0. The number of nitro benzene ring substituents is 1. The SMILES string of the molecule is CCCNCCNS(=O)(=O)c1c([N+](=O)[O-])ccc(C)c1C. The van der Waals surface area contributed by atoms with E-state index in [0.29, 0.717) is 17.7 Å². The topological polar surface area (TPSA) is 101 Å². The lowest BCUT2D eigenvalue weighted by Gasteiger charge is -2.11. The number of rotatable bonds is 8. The summed E-state index contributed by atoms with van der Waals surface area (Å²) in [7, 11) is -3.91. The van der Waals surface area contributed by atoms with Crippen LogP contribution in [-0.4, -0.2) is 33.0 Å². The van der Waals surface area contributed by atoms with E-state index in [-0.39, 0.29) is 11.4 Å². The first-order valence-corrected chi connectivity index (χ1v) is 8.24. The summed E-state index contributed by atoms with van der Waals surface area (Å²) in [6.45, 7) is 6.77. The van der Waals surface area contributed by atoms with Gasteiger partial charge in [-0.2, -0.15) is 0 Å². The maximum absolute atomic E-state index is 12.3. The Morgan fingerprint density at radius 3 is 2.43 bits per heavy atom. The lowest BCUT2D eigenvalue weighted by atomic mass is 10.1. The van der Waals surface area contributed by atoms with Crippen molar-refractivity contribution in [1.29, 1.82) is 0 Å². The van der Waals surface area contributed by atoms with Crippen molar-refractivity contribution in [2.24, 2.45) is 0 Å². The van der Waals surface area contributed by atoms with Gasteiger partial charge < -0.3 is 5.32 Å². The lowest BCUT2D eigenvalue weighted by Crippen LogP contribution is -2.33. The zero-order valence-corrected chi connectivity index (χ0v) is 13.3. The van der Waals surface area contributed by atoms with Crippen LogP contribution in [0.25, 0.3) is 0 Å². The van der Waals surface area contributed by atoms with Crippen LogP contribution in [0, 0.1) is 24.0 Å². The van der Waals surface area contributed by atoms with Gasteiger partial charge in [0.05, 0.1) is 4.92 Å². The molecule has 0 saturated heterocycles. The monoisotopic (exact) mass is 315 g/mol. The molecule has 1 aromatic carbocycles. The van der Waals surface area contributed by atoms with Crippen LogP contribution in [0.3, 0.4) is 0 Å². The minimum atomic E-state index is -3.91. The molecule has 0 heterocycles. The van der Waals surface area contributed by atoms with Gasteiger partial charge in [0.2, 0.25) is 10.0 Å². The van der Waals surface area contributed by atoms with E-state index in [2.05, 4.69) is 10.0 Å². The molecule has 0 aliphatic carbocycles. The average molecular weight is 315 g/mol. The molecule has 118 valence electrons. The molecule has 0 aliphatic rings. The lowest BCUT2D eigenvalue weighted by molar-refractivity contribution is -0.387. The van der Waals surface area contributed by atoms with Gasteiger partial charge in [0, 0.05) is 19.2 Å². The Morgan fingerprint density at radius 2 is 1.86 bits per heavy atom. The van der Waals surface area contributed by atoms with E-state index in [9.17, 15) is 18.5 Å². The highest BCUT2D eigenvalue weighted by atomic mass is 32.2. The molecule has 0 bridgehead atoms. The van der Waals surface area contributed by atoms with Crippen molar-refractivity contribution in [2.75, 3.05) is 19.6 Å². The molecule has 7 nitrogen and oxygen atoms in total. The smallest absolute Gasteiger partial charge is 0.289 e. The number of hydrogen-bond acceptors (Lipinski definition) is 5. The van der Waals surface area contributed by atoms with Gasteiger partial charge in [-0.3, -0.25) is 10.1 Å². The van der Waals surface area contributed by atoms with Gasteiger partial charge in [-0.1, -0.05) is 13.0 Å². The molecule has 0 atom stereocenters. The molecule has 0 fully saturated rings. The Labute approximate surface area is 124 Å². The van der Waals surface area contributed by atoms with E-state index < -0.39 is 20.6 Å². The first kappa shape index (κ1) is 17.5. The predicted octanol–water partition coefficient (Wildman–Crippen LogP) is 1.49. The van der Waals surface area contributed by atoms with Gasteiger partial charge in [-0.25, -0.2) is 13.1 Å². The molecule has 0 radical (unpaired) electrons. The molecule has 0 saturated carbocycles. The summed E-state index contributed by atoms with van der Waals surface area (Å²) in [5, 5.41) is 14.1. The van der Waals surface area contributed by atoms with E-state index in [1.807, 2.05) is 6.92 Å². The van der Waals surface area contributed by atoms with E-state index >= 15 is 0 Å². The highest BCUT2D eigenvalue weighted by molar-refractivity contribution is 7.89. The number of aryl methyl sites for hydroxylation is 1. The van der Waals surface area contributed by atoms with Crippen LogP contribution in [0.1, 0.15) is 24.5 Å². The largest absolute Gasteiger partial charge is 0.315 e. The predicted molar refractivity (Wildman–Crippen MR) is 80.9 cm³/mol. The normalized spacial score (nSPS) is 11.6. The molecular formula is C13H21N3O4S. The molecule has 1 aromatic rings. The second-order valence-electron chi connectivity index (χ2n) is 4.76. The number of sulfonamides is 1. The Bertz CT molecular complexity index is 614. The van der Waals surface area contributed by atoms with Crippen molar-refractivity contribution in [3.8, 4) is 0 Å². The van der Waals surface area contributed by atoms with Crippen LogP contribution < -0.4 is 10.0 Å². The fourth-order valence-corrected chi connectivity index (χ4v) is 3.40. The molecule has 0 aliphatic heterocycles. The first-order valence-electron chi connectivity index (χ1n) is 6.76. The molecule has 21 heavy (non-hydrogen) atoms. The number of nitrogens with zero attached hydrogens (tertiary/aromatic N) is 1. The van der Waals surface area contributed by atoms with Crippen LogP contribution in [0.5, 0.6) is 0 Å². The van der Waals surface area contributed by atoms with Crippen molar-refractivity contribution < 1.29 is 13.3 Å². The Balaban J connectivity index is 3.02. The zero-order valence-electron chi connectivity index (χ0n) is 12.5. The fraction of sp³-hybridized carbons (Fsp3) is 0.538. The summed E-state index contributed by atoms with van der Waals surface area (Å²) in [5.74, 6) is 0. The van der Waals surface area contributed by atoms with Crippen molar-refractivity contribution in [2.45, 2.75) is 32.1 Å². The van der Waals surface area contributed by atoms with Crippen LogP contribution in [0.15, 0.2) is 17.0 Å². The molecule has 0 spiro atoms. The van der Waals surface area contributed by atoms with Crippen LogP contribution in [-0.2, 0) is 10.0 Å². The number of hydrogen-bond donors (Lipinski definition) is 2. The van der Waals surface area contributed by atoms with Gasteiger partial charge in [-0.15, -0.1) is 0 Å². The molecule has 1 rings (SSSR count).